The Balaban J connectivity index is 2.16. The molecule has 6 nitrogen and oxygen atoms in total. The molecular formula is C15H20N3O3S+. The van der Waals surface area contributed by atoms with Gasteiger partial charge in [-0.3, -0.25) is 9.32 Å². The summed E-state index contributed by atoms with van der Waals surface area (Å²) in [5.41, 5.74) is 2.50. The largest absolute Gasteiger partial charge is 0.441 e. The van der Waals surface area contributed by atoms with Crippen molar-refractivity contribution in [3.63, 3.8) is 0 Å². The normalized spacial score (nSPS) is 12.2. The first kappa shape index (κ1) is 16.4. The lowest BCUT2D eigenvalue weighted by molar-refractivity contribution is -0.772. The zero-order valence-electron chi connectivity index (χ0n) is 13.1. The Morgan fingerprint density at radius 3 is 2.77 bits per heavy atom. The van der Waals surface area contributed by atoms with Crippen LogP contribution >= 0.6 is 11.8 Å². The van der Waals surface area contributed by atoms with Gasteiger partial charge in [-0.25, -0.2) is 4.79 Å². The third-order valence-electron chi connectivity index (χ3n) is 3.53. The predicted molar refractivity (Wildman–Crippen MR) is 85.0 cm³/mol. The minimum Gasteiger partial charge on any atom is -0.325 e. The highest BCUT2D eigenvalue weighted by molar-refractivity contribution is 8.00. The van der Waals surface area contributed by atoms with Crippen LogP contribution in [0, 0.1) is 13.8 Å². The molecule has 0 aliphatic rings. The second kappa shape index (κ2) is 6.83. The molecule has 1 aromatic carbocycles. The number of carbonyl (C=O) groups is 1. The smallest absolute Gasteiger partial charge is 0.325 e. The van der Waals surface area contributed by atoms with Gasteiger partial charge in [0.2, 0.25) is 5.91 Å². The minimum absolute atomic E-state index is 0.123. The Bertz CT molecular complexity index is 736. The Morgan fingerprint density at radius 2 is 2.18 bits per heavy atom. The van der Waals surface area contributed by atoms with Gasteiger partial charge in [-0.05, 0) is 54.5 Å². The number of nitrogens with one attached hydrogen (secondary N) is 2. The van der Waals surface area contributed by atoms with E-state index in [-0.39, 0.29) is 11.2 Å². The molecule has 2 aromatic rings. The molecule has 0 saturated carbocycles. The number of hydrogen-bond donors (Lipinski definition) is 2. The molecule has 2 rings (SSSR count). The van der Waals surface area contributed by atoms with Gasteiger partial charge in [0.1, 0.15) is 0 Å². The average Bonchev–Trinajstić information content (AvgIpc) is 2.80. The van der Waals surface area contributed by atoms with Crippen molar-refractivity contribution in [2.45, 2.75) is 37.5 Å². The maximum Gasteiger partial charge on any atom is 0.441 e. The standard InChI is InChI=1S/C15H19N3O3S/c1-5-12(22-14-15(20)21-17-18(14)4)13(19)16-11-8-6-7-9(2)10(11)3/h6-8,12H,5H2,1-4H3,(H-,16,17,19,20)/p+1. The summed E-state index contributed by atoms with van der Waals surface area (Å²) in [6.45, 7) is 5.89. The van der Waals surface area contributed by atoms with Crippen molar-refractivity contribution in [2.24, 2.45) is 7.05 Å². The molecule has 22 heavy (non-hydrogen) atoms. The number of H-pyrrole nitrogens is 1. The van der Waals surface area contributed by atoms with E-state index in [1.807, 2.05) is 39.0 Å². The van der Waals surface area contributed by atoms with Crippen molar-refractivity contribution in [1.82, 2.24) is 5.27 Å². The van der Waals surface area contributed by atoms with Crippen molar-refractivity contribution >= 4 is 23.4 Å². The first-order valence-electron chi connectivity index (χ1n) is 7.05. The number of benzene rings is 1. The fourth-order valence-electron chi connectivity index (χ4n) is 2.02. The van der Waals surface area contributed by atoms with Gasteiger partial charge in [-0.2, -0.15) is 0 Å². The van der Waals surface area contributed by atoms with E-state index < -0.39 is 5.63 Å². The number of nitrogens with zero attached hydrogens (tertiary/aromatic N) is 1. The van der Waals surface area contributed by atoms with Gasteiger partial charge < -0.3 is 5.32 Å². The van der Waals surface area contributed by atoms with Crippen LogP contribution in [-0.2, 0) is 11.8 Å². The number of carbonyl (C=O) groups excluding carboxylic acids is 1. The van der Waals surface area contributed by atoms with Gasteiger partial charge in [0.15, 0.2) is 7.05 Å². The number of aromatic nitrogens is 2. The maximum absolute atomic E-state index is 12.5. The molecule has 0 radical (unpaired) electrons. The van der Waals surface area contributed by atoms with E-state index in [0.29, 0.717) is 11.4 Å². The van der Waals surface area contributed by atoms with Crippen LogP contribution < -0.4 is 15.6 Å². The van der Waals surface area contributed by atoms with Crippen molar-refractivity contribution in [2.75, 3.05) is 5.32 Å². The highest BCUT2D eigenvalue weighted by atomic mass is 32.2. The molecule has 0 aliphatic carbocycles. The van der Waals surface area contributed by atoms with Crippen molar-refractivity contribution in [3.05, 3.63) is 39.7 Å². The second-order valence-corrected chi connectivity index (χ2v) is 6.29. The highest BCUT2D eigenvalue weighted by Gasteiger charge is 2.27. The summed E-state index contributed by atoms with van der Waals surface area (Å²) in [6.07, 6.45) is 0.603. The van der Waals surface area contributed by atoms with Crippen LogP contribution in [0.2, 0.25) is 0 Å². The zero-order chi connectivity index (χ0) is 16.3. The van der Waals surface area contributed by atoms with Crippen LogP contribution in [-0.4, -0.2) is 16.4 Å². The summed E-state index contributed by atoms with van der Waals surface area (Å²) in [7, 11) is 1.67. The predicted octanol–water partition coefficient (Wildman–Crippen LogP) is 1.92. The number of anilines is 1. The Kier molecular flexibility index (Phi) is 5.07. The van der Waals surface area contributed by atoms with Crippen LogP contribution in [0.15, 0.2) is 32.5 Å². The number of hydrogen-bond acceptors (Lipinski definition) is 4. The van der Waals surface area contributed by atoms with Gasteiger partial charge in [0.05, 0.1) is 5.25 Å². The fourth-order valence-corrected chi connectivity index (χ4v) is 2.95. The maximum atomic E-state index is 12.5. The molecule has 1 heterocycles. The molecule has 7 heteroatoms. The molecular weight excluding hydrogens is 302 g/mol. The minimum atomic E-state index is -0.467. The molecule has 0 spiro atoms. The first-order chi connectivity index (χ1) is 10.4. The van der Waals surface area contributed by atoms with Crippen molar-refractivity contribution in [3.8, 4) is 0 Å². The second-order valence-electron chi connectivity index (χ2n) is 5.10. The molecule has 0 fully saturated rings. The lowest BCUT2D eigenvalue weighted by Gasteiger charge is -2.14. The lowest BCUT2D eigenvalue weighted by atomic mass is 10.1. The molecule has 1 unspecified atom stereocenters. The van der Waals surface area contributed by atoms with Crippen LogP contribution in [0.5, 0.6) is 0 Å². The molecule has 1 amide bonds. The fraction of sp³-hybridized carbons (Fsp3) is 0.400. The summed E-state index contributed by atoms with van der Waals surface area (Å²) in [5.74, 6) is -0.123. The van der Waals surface area contributed by atoms with Gasteiger partial charge >= 0.3 is 10.7 Å². The van der Waals surface area contributed by atoms with Crippen LogP contribution in [0.3, 0.4) is 0 Å². The first-order valence-corrected chi connectivity index (χ1v) is 7.93. The van der Waals surface area contributed by atoms with Crippen LogP contribution in [0.1, 0.15) is 24.5 Å². The number of aryl methyl sites for hydroxylation is 2. The number of rotatable bonds is 5. The van der Waals surface area contributed by atoms with E-state index in [0.717, 1.165) is 16.8 Å². The van der Waals surface area contributed by atoms with Gasteiger partial charge in [-0.1, -0.05) is 23.7 Å². The number of thioether (sulfide) groups is 1. The van der Waals surface area contributed by atoms with E-state index in [2.05, 4.69) is 10.6 Å². The summed E-state index contributed by atoms with van der Waals surface area (Å²) < 4.78 is 6.18. The molecule has 1 atom stereocenters. The lowest BCUT2D eigenvalue weighted by Crippen LogP contribution is -2.35. The SMILES string of the molecule is CCC(Sc1c(=O)o[nH][n+]1C)C(=O)Nc1cccc(C)c1C. The Hall–Kier alpha value is -2.02. The van der Waals surface area contributed by atoms with E-state index in [1.165, 1.54) is 16.4 Å². The van der Waals surface area contributed by atoms with E-state index in [1.54, 1.807) is 7.05 Å². The molecule has 0 aliphatic heterocycles. The van der Waals surface area contributed by atoms with E-state index in [9.17, 15) is 9.59 Å². The average molecular weight is 322 g/mol. The molecule has 2 N–H and O–H groups in total. The summed E-state index contributed by atoms with van der Waals surface area (Å²) >= 11 is 1.20. The topological polar surface area (TPSA) is 79.0 Å². The van der Waals surface area contributed by atoms with Crippen molar-refractivity contribution in [1.29, 1.82) is 0 Å². The third-order valence-corrected chi connectivity index (χ3v) is 5.03. The monoisotopic (exact) mass is 322 g/mol. The van der Waals surface area contributed by atoms with Gasteiger partial charge in [0.25, 0.3) is 0 Å². The van der Waals surface area contributed by atoms with E-state index in [4.69, 9.17) is 4.52 Å². The number of amides is 1. The molecule has 0 saturated heterocycles. The van der Waals surface area contributed by atoms with Crippen LogP contribution in [0.25, 0.3) is 0 Å². The molecule has 0 bridgehead atoms. The zero-order valence-corrected chi connectivity index (χ0v) is 13.9. The van der Waals surface area contributed by atoms with Crippen molar-refractivity contribution < 1.29 is 14.0 Å². The van der Waals surface area contributed by atoms with E-state index >= 15 is 0 Å². The van der Waals surface area contributed by atoms with Crippen LogP contribution in [0.4, 0.5) is 5.69 Å². The van der Waals surface area contributed by atoms with Gasteiger partial charge in [-0.15, -0.1) is 0 Å². The third kappa shape index (κ3) is 3.41. The summed E-state index contributed by atoms with van der Waals surface area (Å²) in [6, 6.07) is 5.79. The summed E-state index contributed by atoms with van der Waals surface area (Å²) in [5, 5.41) is 5.40. The molecule has 118 valence electrons. The Morgan fingerprint density at radius 1 is 1.45 bits per heavy atom. The van der Waals surface area contributed by atoms with Gasteiger partial charge in [0, 0.05) is 5.69 Å². The highest BCUT2D eigenvalue weighted by Crippen LogP contribution is 2.23. The number of aromatic amines is 1. The molecule has 1 aromatic heterocycles. The Labute approximate surface area is 132 Å². The quantitative estimate of drug-likeness (QED) is 0.651. The summed E-state index contributed by atoms with van der Waals surface area (Å²) in [4.78, 5) is 24.1.